The van der Waals surface area contributed by atoms with Crippen LogP contribution in [0.15, 0.2) is 113 Å². The molecule has 1 unspecified atom stereocenters. The van der Waals surface area contributed by atoms with Crippen LogP contribution >= 0.6 is 0 Å². The molecule has 0 saturated carbocycles. The van der Waals surface area contributed by atoms with Gasteiger partial charge in [0, 0.05) is 31.1 Å². The first-order valence-corrected chi connectivity index (χ1v) is 24.6. The highest BCUT2D eigenvalue weighted by Gasteiger charge is 2.48. The number of furan rings is 1. The third-order valence-electron chi connectivity index (χ3n) is 13.2. The van der Waals surface area contributed by atoms with E-state index >= 15 is 0 Å². The molecule has 3 aliphatic rings. The van der Waals surface area contributed by atoms with Gasteiger partial charge in [-0.2, -0.15) is 0 Å². The molecule has 2 bridgehead atoms. The van der Waals surface area contributed by atoms with Crippen LogP contribution in [0.1, 0.15) is 78.4 Å². The Morgan fingerprint density at radius 3 is 1.88 bits per heavy atom. The summed E-state index contributed by atoms with van der Waals surface area (Å²) in [6.45, 7) is 6.81. The number of hydrogen-bond donors (Lipinski definition) is 10. The van der Waals surface area contributed by atoms with Gasteiger partial charge in [-0.3, -0.25) is 14.6 Å². The molecule has 2 fully saturated rings. The molecule has 402 valence electrons. The maximum absolute atomic E-state index is 13.2. The van der Waals surface area contributed by atoms with Crippen molar-refractivity contribution in [1.82, 2.24) is 0 Å². The second kappa shape index (κ2) is 30.7. The van der Waals surface area contributed by atoms with Crippen LogP contribution in [0.4, 0.5) is 0 Å². The molecule has 0 aromatic carbocycles. The lowest BCUT2D eigenvalue weighted by molar-refractivity contribution is -0.279. The average Bonchev–Trinajstić information content (AvgIpc) is 3.87. The van der Waals surface area contributed by atoms with E-state index in [1.807, 2.05) is 37.3 Å². The number of carbonyl (C=O) groups excluding carboxylic acids is 2. The molecule has 4 heterocycles. The molecule has 0 radical (unpaired) electrons. The van der Waals surface area contributed by atoms with Gasteiger partial charge in [0.15, 0.2) is 6.29 Å². The number of esters is 2. The lowest BCUT2D eigenvalue weighted by Gasteiger charge is -2.43. The number of nitrogens with zero attached hydrogens (tertiary/aromatic N) is 1. The second-order valence-electron chi connectivity index (χ2n) is 18.8. The minimum atomic E-state index is -1.77. The minimum Gasteiger partial charge on any atom is -0.469 e. The van der Waals surface area contributed by atoms with Crippen LogP contribution in [-0.4, -0.2) is 180 Å². The molecule has 0 amide bonds. The van der Waals surface area contributed by atoms with Crippen LogP contribution in [0.3, 0.4) is 0 Å². The predicted octanol–water partition coefficient (Wildman–Crippen LogP) is 2.20. The number of carbonyl (C=O) groups is 2. The molecule has 19 heteroatoms. The molecule has 0 aliphatic carbocycles. The molecule has 19 nitrogen and oxygen atoms in total. The summed E-state index contributed by atoms with van der Waals surface area (Å²) in [5.41, 5.74) is 0. The molecule has 10 N–H and O–H groups in total. The number of aliphatic hydroxyl groups excluding tert-OH is 10. The molecule has 4 rings (SSSR count). The van der Waals surface area contributed by atoms with E-state index in [1.165, 1.54) is 12.5 Å². The van der Waals surface area contributed by atoms with Crippen molar-refractivity contribution in [3.63, 3.8) is 0 Å². The number of fused-ring (bicyclic) bond motifs is 2. The van der Waals surface area contributed by atoms with Gasteiger partial charge in [0.1, 0.15) is 42.1 Å². The van der Waals surface area contributed by atoms with Gasteiger partial charge in [-0.1, -0.05) is 98.9 Å². The molecule has 72 heavy (non-hydrogen) atoms. The van der Waals surface area contributed by atoms with Crippen molar-refractivity contribution < 1.29 is 88.8 Å². The van der Waals surface area contributed by atoms with Gasteiger partial charge in [-0.15, -0.1) is 0 Å². The first-order chi connectivity index (χ1) is 34.3. The van der Waals surface area contributed by atoms with Crippen molar-refractivity contribution in [1.29, 1.82) is 0 Å². The Hall–Kier alpha value is -4.45. The Morgan fingerprint density at radius 2 is 1.26 bits per heavy atom. The summed E-state index contributed by atoms with van der Waals surface area (Å²) in [5.74, 6) is -3.25. The second-order valence-corrected chi connectivity index (χ2v) is 18.8. The highest BCUT2D eigenvalue weighted by molar-refractivity contribution is 5.76. The molecular weight excluding hydrogens is 939 g/mol. The Bertz CT molecular complexity index is 2000. The highest BCUT2D eigenvalue weighted by atomic mass is 16.7. The van der Waals surface area contributed by atoms with Gasteiger partial charge >= 0.3 is 11.9 Å². The summed E-state index contributed by atoms with van der Waals surface area (Å²) in [7, 11) is 1.13. The standard InChI is InChI=1S/C53H77NO18/c1-31-19-16-14-12-10-8-6-7-9-11-13-15-17-20-37(71-53-51(65)47(49(63)34(4)70-53)54-30-38-21-18-24-68-38)27-43-46(52(66)67-5)41(59)29-44(72-43)50(64)42(60)28-40(58)39(57)23-22-35(55)25-36(56)26-45(61)69-33(3)32(2)48(31)62/h6-21,24,30-37,39-44,46-51,53,55-60,62-65H,22-23,25-29H2,1-5H3/b7-6+,10-8+,11-9+,14-12+,15-13+,19-16+,20-17+,54-30?/t31-,32-,33-,34+,35+,36+,37-,39+,40+,41-,42-,43-,44?,46+,47-,48+,49+,50+,51-,53+/m0/s1. The number of ether oxygens (including phenoxy) is 5. The topological polar surface area (TPSA) is 308 Å². The first kappa shape index (κ1) is 60.1. The fourth-order valence-electron chi connectivity index (χ4n) is 8.63. The van der Waals surface area contributed by atoms with Crippen LogP contribution in [0.25, 0.3) is 0 Å². The largest absolute Gasteiger partial charge is 0.469 e. The summed E-state index contributed by atoms with van der Waals surface area (Å²) in [6.07, 6.45) is 4.62. The average molecular weight is 1020 g/mol. The van der Waals surface area contributed by atoms with Gasteiger partial charge < -0.3 is 79.2 Å². The zero-order valence-corrected chi connectivity index (χ0v) is 41.6. The van der Waals surface area contributed by atoms with Crippen molar-refractivity contribution in [3.8, 4) is 0 Å². The number of rotatable bonds is 5. The maximum Gasteiger partial charge on any atom is 0.313 e. The Morgan fingerprint density at radius 1 is 0.639 bits per heavy atom. The monoisotopic (exact) mass is 1020 g/mol. The number of aliphatic hydroxyl groups is 10. The number of aliphatic imine (C=N–C) groups is 1. The Balaban J connectivity index is 1.59. The Kier molecular flexibility index (Phi) is 25.6. The van der Waals surface area contributed by atoms with E-state index in [0.717, 1.165) is 7.11 Å². The molecule has 1 aromatic rings. The molecule has 20 atom stereocenters. The maximum atomic E-state index is 13.2. The summed E-state index contributed by atoms with van der Waals surface area (Å²) in [4.78, 5) is 30.3. The summed E-state index contributed by atoms with van der Waals surface area (Å²) >= 11 is 0. The smallest absolute Gasteiger partial charge is 0.313 e. The molecule has 0 spiro atoms. The number of cyclic esters (lactones) is 1. The summed E-state index contributed by atoms with van der Waals surface area (Å²) in [5, 5.41) is 110. The minimum absolute atomic E-state index is 0.115. The highest BCUT2D eigenvalue weighted by Crippen LogP contribution is 2.34. The summed E-state index contributed by atoms with van der Waals surface area (Å²) < 4.78 is 34.3. The van der Waals surface area contributed by atoms with E-state index in [2.05, 4.69) is 4.99 Å². The fourth-order valence-corrected chi connectivity index (χ4v) is 8.63. The summed E-state index contributed by atoms with van der Waals surface area (Å²) in [6, 6.07) is 2.18. The third-order valence-corrected chi connectivity index (χ3v) is 13.2. The first-order valence-electron chi connectivity index (χ1n) is 24.6. The van der Waals surface area contributed by atoms with Gasteiger partial charge in [-0.25, -0.2) is 0 Å². The van der Waals surface area contributed by atoms with Gasteiger partial charge in [0.2, 0.25) is 0 Å². The van der Waals surface area contributed by atoms with Gasteiger partial charge in [0.05, 0.1) is 93.2 Å². The van der Waals surface area contributed by atoms with Crippen molar-refractivity contribution in [2.24, 2.45) is 22.7 Å². The van der Waals surface area contributed by atoms with Crippen LogP contribution in [-0.2, 0) is 33.3 Å². The number of methoxy groups -OCH3 is 1. The molecular formula is C53H77NO18. The van der Waals surface area contributed by atoms with E-state index in [-0.39, 0.29) is 38.0 Å². The van der Waals surface area contributed by atoms with Gasteiger partial charge in [0.25, 0.3) is 0 Å². The lowest BCUT2D eigenvalue weighted by Crippen LogP contribution is -2.58. The third kappa shape index (κ3) is 19.1. The lowest BCUT2D eigenvalue weighted by atomic mass is 9.83. The quantitative estimate of drug-likeness (QED) is 0.149. The van der Waals surface area contributed by atoms with Gasteiger partial charge in [-0.05, 0) is 45.2 Å². The van der Waals surface area contributed by atoms with E-state index in [1.54, 1.807) is 87.6 Å². The molecule has 1 aromatic heterocycles. The van der Waals surface area contributed by atoms with E-state index in [4.69, 9.17) is 28.1 Å². The number of hydrogen-bond acceptors (Lipinski definition) is 19. The van der Waals surface area contributed by atoms with E-state index < -0.39 is 141 Å². The zero-order chi connectivity index (χ0) is 52.9. The van der Waals surface area contributed by atoms with E-state index in [9.17, 15) is 60.7 Å². The fraction of sp³-hybridized carbons (Fsp3) is 0.604. The molecule has 2 saturated heterocycles. The van der Waals surface area contributed by atoms with Crippen molar-refractivity contribution in [2.45, 2.75) is 177 Å². The van der Waals surface area contributed by atoms with Crippen molar-refractivity contribution >= 4 is 18.2 Å². The van der Waals surface area contributed by atoms with Crippen LogP contribution < -0.4 is 0 Å². The SMILES string of the molecule is COC(=O)[C@H]1[C@@H]2C[C@@H](O[C@H]3O[C@H](C)[C@@H](O)[C@H](N=Cc4ccco4)[C@@H]3O)/C=C/C=C/C=C/C=C/C=C/C=C/C=C/[C@H](C)[C@@H](O)[C@@H](C)[C@H](C)OC(=O)C[C@H](O)C[C@H](O)CC[C@@H](O)[C@H](O)C[C@H](O)[C@@H](O)C(C[C@@H]1O)O2. The van der Waals surface area contributed by atoms with E-state index in [0.29, 0.717) is 5.76 Å². The van der Waals surface area contributed by atoms with Crippen molar-refractivity contribution in [3.05, 3.63) is 109 Å². The Labute approximate surface area is 421 Å². The van der Waals surface area contributed by atoms with Crippen LogP contribution in [0, 0.1) is 17.8 Å². The zero-order valence-electron chi connectivity index (χ0n) is 41.6. The predicted molar refractivity (Wildman–Crippen MR) is 264 cm³/mol. The van der Waals surface area contributed by atoms with Crippen molar-refractivity contribution in [2.75, 3.05) is 7.11 Å². The molecule has 3 aliphatic heterocycles. The normalized spacial score (nSPS) is 42.3. The van der Waals surface area contributed by atoms with Crippen LogP contribution in [0.5, 0.6) is 0 Å². The van der Waals surface area contributed by atoms with Crippen LogP contribution in [0.2, 0.25) is 0 Å². The number of allylic oxidation sites excluding steroid dienone is 12.